The molecule has 0 aromatic rings. The average Bonchev–Trinajstić information content (AvgIpc) is 1.37. The van der Waals surface area contributed by atoms with Crippen molar-refractivity contribution in [2.75, 3.05) is 13.7 Å². The molecule has 0 aromatic carbocycles. The van der Waals surface area contributed by atoms with E-state index in [1.165, 1.54) is 0 Å². The quantitative estimate of drug-likeness (QED) is 0.378. The fourth-order valence-electron chi connectivity index (χ4n) is 0. The van der Waals surface area contributed by atoms with Gasteiger partial charge in [0.25, 0.3) is 0 Å². The van der Waals surface area contributed by atoms with Crippen LogP contribution in [0.3, 0.4) is 0 Å². The van der Waals surface area contributed by atoms with Crippen molar-refractivity contribution in [2.45, 2.75) is 0 Å². The minimum absolute atomic E-state index is 0. The number of nitrogens with one attached hydrogen (secondary N) is 1. The smallest absolute Gasteiger partial charge is 0 e. The Morgan fingerprint density at radius 1 is 0.692 bits per heavy atom. The minimum atomic E-state index is 0. The van der Waals surface area contributed by atoms with Crippen LogP contribution in [0.5, 0.6) is 0 Å². The van der Waals surface area contributed by atoms with E-state index in [0.29, 0.717) is 0 Å². The Balaban J connectivity index is -0.00000000125. The minimum Gasteiger partial charge on any atom is -0.696 e. The molecule has 13 heavy (non-hydrogen) atoms. The van der Waals surface area contributed by atoms with Gasteiger partial charge in [-0.15, -0.1) is 0 Å². The van der Waals surface area contributed by atoms with Crippen LogP contribution in [0.25, 0.3) is 11.1 Å². The van der Waals surface area contributed by atoms with E-state index in [0.717, 1.165) is 0 Å². The normalized spacial score (nSPS) is 2.31. The van der Waals surface area contributed by atoms with Crippen molar-refractivity contribution in [2.24, 2.45) is 0 Å². The Hall–Kier alpha value is 9.86. The van der Waals surface area contributed by atoms with E-state index in [9.17, 15) is 0 Å². The van der Waals surface area contributed by atoms with E-state index in [4.69, 9.17) is 5.73 Å². The summed E-state index contributed by atoms with van der Waals surface area (Å²) in [5, 5.41) is 3.40. The zero-order chi connectivity index (χ0) is 3.41. The molecule has 0 aliphatic carbocycles. The SMILES string of the molecule is C[N-]C[NH-].[Y].[Y].[Y].[Y].[Y].[Y].[Y].[Y].[Y]. The number of hydrogen-bond donors (Lipinski definition) is 0. The molecule has 0 aromatic heterocycles. The zero-order valence-corrected chi connectivity index (χ0v) is 33.4. The van der Waals surface area contributed by atoms with E-state index in [-0.39, 0.29) is 301 Å². The Kier molecular flexibility index (Phi) is 344. The molecule has 0 aliphatic rings. The van der Waals surface area contributed by atoms with Gasteiger partial charge < -0.3 is 11.1 Å². The summed E-state index contributed by atoms with van der Waals surface area (Å²) in [5.41, 5.74) is 6.28. The molecule has 0 saturated carbocycles. The molecule has 1 N–H and O–H groups in total. The third-order valence-electron chi connectivity index (χ3n) is 0.158. The molecule has 0 rings (SSSR count). The molecule has 11 heteroatoms. The summed E-state index contributed by atoms with van der Waals surface area (Å²) in [5.74, 6) is 0. The van der Waals surface area contributed by atoms with Gasteiger partial charge >= 0.3 is 0 Å². The van der Waals surface area contributed by atoms with Gasteiger partial charge in [0.2, 0.25) is 0 Å². The summed E-state index contributed by atoms with van der Waals surface area (Å²) >= 11 is 0. The number of nitrogens with zero attached hydrogens (tertiary/aromatic N) is 1. The van der Waals surface area contributed by atoms with Gasteiger partial charge in [-0.1, -0.05) is 0 Å². The van der Waals surface area contributed by atoms with Gasteiger partial charge in [-0.05, 0) is 0 Å². The van der Waals surface area contributed by atoms with Crippen LogP contribution in [-0.4, -0.2) is 13.7 Å². The number of rotatable bonds is 1. The van der Waals surface area contributed by atoms with E-state index in [1.54, 1.807) is 7.05 Å². The average molecular weight is 858 g/mol. The number of hydrogen-bond acceptors (Lipinski definition) is 0. The second kappa shape index (κ2) is 67.6. The summed E-state index contributed by atoms with van der Waals surface area (Å²) in [6.45, 7) is 0.194. The van der Waals surface area contributed by atoms with Gasteiger partial charge in [0, 0.05) is 294 Å². The molecule has 0 atom stereocenters. The Morgan fingerprint density at radius 2 is 0.769 bits per heavy atom. The maximum absolute atomic E-state index is 6.28. The topological polar surface area (TPSA) is 37.9 Å². The zero-order valence-electron chi connectivity index (χ0n) is 7.85. The molecule has 0 saturated heterocycles. The van der Waals surface area contributed by atoms with Crippen LogP contribution in [0.4, 0.5) is 0 Å². The van der Waals surface area contributed by atoms with Gasteiger partial charge in [0.15, 0.2) is 0 Å². The molecular weight excluding hydrogens is 852 g/mol. The molecule has 9 radical (unpaired) electrons. The Labute approximate surface area is 308 Å². The van der Waals surface area contributed by atoms with Crippen LogP contribution in [0.1, 0.15) is 0 Å². The first kappa shape index (κ1) is 66.1. The van der Waals surface area contributed by atoms with E-state index in [1.807, 2.05) is 0 Å². The van der Waals surface area contributed by atoms with Crippen LogP contribution in [0.15, 0.2) is 0 Å². The molecule has 0 fully saturated rings. The summed E-state index contributed by atoms with van der Waals surface area (Å²) in [6, 6.07) is 0. The maximum atomic E-state index is 6.28. The summed E-state index contributed by atoms with van der Waals surface area (Å²) in [7, 11) is 1.62. The Bertz CT molecular complexity index is 17.6. The van der Waals surface area contributed by atoms with Crippen molar-refractivity contribution in [3.63, 3.8) is 0 Å². The van der Waals surface area contributed by atoms with E-state index in [2.05, 4.69) is 5.32 Å². The molecule has 0 spiro atoms. The van der Waals surface area contributed by atoms with Crippen molar-refractivity contribution in [3.8, 4) is 0 Å². The molecule has 0 amide bonds. The van der Waals surface area contributed by atoms with Crippen LogP contribution in [-0.2, 0) is 294 Å². The maximum Gasteiger partial charge on any atom is 0 e. The van der Waals surface area contributed by atoms with Crippen LogP contribution < -0.4 is 0 Å². The monoisotopic (exact) mass is 858 g/mol. The van der Waals surface area contributed by atoms with Crippen LogP contribution in [0.2, 0.25) is 0 Å². The first-order valence-corrected chi connectivity index (χ1v) is 1.12. The molecule has 2 nitrogen and oxygen atoms in total. The largest absolute Gasteiger partial charge is 0.696 e. The van der Waals surface area contributed by atoms with Crippen LogP contribution in [0, 0.1) is 0 Å². The van der Waals surface area contributed by atoms with E-state index < -0.39 is 0 Å². The molecule has 53 valence electrons. The van der Waals surface area contributed by atoms with Gasteiger partial charge in [0.05, 0.1) is 0 Å². The predicted molar refractivity (Wildman–Crippen MR) is 18.5 cm³/mol. The Morgan fingerprint density at radius 3 is 0.769 bits per heavy atom. The summed E-state index contributed by atoms with van der Waals surface area (Å²) in [6.07, 6.45) is 0. The molecular formula is C2H6N2Y9-2. The van der Waals surface area contributed by atoms with Gasteiger partial charge in [-0.3, -0.25) is 6.67 Å². The molecule has 0 unspecified atom stereocenters. The summed E-state index contributed by atoms with van der Waals surface area (Å²) < 4.78 is 0. The van der Waals surface area contributed by atoms with Crippen molar-refractivity contribution < 1.29 is 294 Å². The predicted octanol–water partition coefficient (Wildman–Crippen LogP) is 0.977. The molecule has 0 aliphatic heterocycles. The van der Waals surface area contributed by atoms with Crippen molar-refractivity contribution >= 4 is 0 Å². The first-order chi connectivity index (χ1) is 1.91. The first-order valence-electron chi connectivity index (χ1n) is 1.12. The third kappa shape index (κ3) is 73.1. The standard InChI is InChI=1S/C2H6N2.9Y/c1-4-2-3;;;;;;;;;/h3H,2H2,1H3;;;;;;;;;/q-2;;;;;;;;;. The van der Waals surface area contributed by atoms with Crippen molar-refractivity contribution in [1.29, 1.82) is 0 Å². The third-order valence-corrected chi connectivity index (χ3v) is 0.158. The molecule has 0 heterocycles. The fourth-order valence-corrected chi connectivity index (χ4v) is 0. The van der Waals surface area contributed by atoms with Crippen molar-refractivity contribution in [3.05, 3.63) is 11.1 Å². The van der Waals surface area contributed by atoms with Gasteiger partial charge in [-0.2, -0.15) is 7.05 Å². The van der Waals surface area contributed by atoms with Crippen molar-refractivity contribution in [1.82, 2.24) is 0 Å². The second-order valence-electron chi connectivity index (χ2n) is 0.474. The van der Waals surface area contributed by atoms with Gasteiger partial charge in [-0.25, -0.2) is 0 Å². The van der Waals surface area contributed by atoms with E-state index >= 15 is 0 Å². The van der Waals surface area contributed by atoms with Crippen LogP contribution >= 0.6 is 0 Å². The molecule has 0 bridgehead atoms. The second-order valence-corrected chi connectivity index (χ2v) is 0.474. The van der Waals surface area contributed by atoms with Gasteiger partial charge in [0.1, 0.15) is 0 Å². The summed E-state index contributed by atoms with van der Waals surface area (Å²) in [4.78, 5) is 0. The fraction of sp³-hybridized carbons (Fsp3) is 1.00.